The van der Waals surface area contributed by atoms with Crippen LogP contribution in [0, 0.1) is 11.8 Å². The topological polar surface area (TPSA) is 422 Å². The number of H-pyrrole nitrogens is 1. The lowest BCUT2D eigenvalue weighted by Gasteiger charge is -2.44. The van der Waals surface area contributed by atoms with Crippen LogP contribution in [0.1, 0.15) is 112 Å². The van der Waals surface area contributed by atoms with E-state index in [-0.39, 0.29) is 72.5 Å². The number of carbonyl (C=O) groups excluding carboxylic acids is 2. The van der Waals surface area contributed by atoms with Gasteiger partial charge in [-0.05, 0) is 87.9 Å². The first-order valence-corrected chi connectivity index (χ1v) is 35.3. The molecule has 2 amide bonds. The predicted octanol–water partition coefficient (Wildman–Crippen LogP) is 3.82. The highest BCUT2D eigenvalue weighted by Gasteiger charge is 2.43. The molecule has 2 aromatic heterocycles. The molecular formula is C55H65N8O21P3S2. The molecule has 0 saturated carbocycles. The van der Waals surface area contributed by atoms with Crippen LogP contribution in [-0.4, -0.2) is 145 Å². The number of nitrogens with two attached hydrogens (primary N) is 1. The van der Waals surface area contributed by atoms with E-state index < -0.39 is 103 Å². The Hall–Kier alpha value is -6.68. The molecule has 1 fully saturated rings. The minimum absolute atomic E-state index is 0.00988. The summed E-state index contributed by atoms with van der Waals surface area (Å²) >= 11 is 0. The van der Waals surface area contributed by atoms with Crippen molar-refractivity contribution in [3.05, 3.63) is 121 Å². The van der Waals surface area contributed by atoms with Crippen LogP contribution in [0.5, 0.6) is 11.5 Å². The molecule has 1 saturated heterocycles. The maximum atomic E-state index is 14.8. The van der Waals surface area contributed by atoms with Crippen LogP contribution in [0.2, 0.25) is 0 Å². The standard InChI is InChI=1S/C55H65N8O21P3S2/c1-8-62-42-24-44-40(22-38(42)33(26-54(62,3)4)30-88(74,75)76)49(41-23-39-34(31-89(77,78)79)27-55(5,6)63(9-2)43(39)25-45(41)82-44)36-15-10-11-16-37(36)52(66)60(7)21-13-17-46(64)57-20-12-14-32-28-61(50-48(32)51(65)59-53(56)58-50)47-19-18-35(81-47)29-80-86(70,71)84-87(72,73)83-85(67,68)69/h10-11,15-16,22-28,35,47H,8-9,13,17-21,29-31H2,1-7H3,(H9-,56,57,58,59,64,65,67,68,69,70,71,72,73,74,75,76,77,78,79)/t35-,47+/m0/s1. The molecule has 29 nitrogen and oxygen atoms in total. The van der Waals surface area contributed by atoms with E-state index in [0.29, 0.717) is 74.3 Å². The third-order valence-corrected chi connectivity index (χ3v) is 20.3. The van der Waals surface area contributed by atoms with Crippen molar-refractivity contribution in [2.24, 2.45) is 0 Å². The highest BCUT2D eigenvalue weighted by Crippen LogP contribution is 2.66. The van der Waals surface area contributed by atoms with Crippen molar-refractivity contribution in [2.45, 2.75) is 90.6 Å². The van der Waals surface area contributed by atoms with Crippen molar-refractivity contribution in [1.29, 1.82) is 0 Å². The quantitative estimate of drug-likeness (QED) is 0.0220. The number of nitrogens with one attached hydrogen (secondary N) is 2. The molecule has 0 bridgehead atoms. The number of likely N-dealkylation sites (N-methyl/N-ethyl adjacent to an activating group) is 2. The summed E-state index contributed by atoms with van der Waals surface area (Å²) in [7, 11) is -24.6. The van der Waals surface area contributed by atoms with E-state index in [9.17, 15) is 63.8 Å². The van der Waals surface area contributed by atoms with Gasteiger partial charge in [-0.25, -0.2) is 26.7 Å². The Kier molecular flexibility index (Phi) is 18.6. The molecule has 0 radical (unpaired) electrons. The fourth-order valence-corrected chi connectivity index (χ4v) is 16.1. The summed E-state index contributed by atoms with van der Waals surface area (Å²) in [5.74, 6) is 3.72. The Balaban J connectivity index is 0.952. The molecule has 6 heterocycles. The number of fused-ring (bicyclic) bond motifs is 5. The number of aromatic nitrogens is 3. The van der Waals surface area contributed by atoms with Gasteiger partial charge in [-0.1, -0.05) is 36.1 Å². The molecule has 478 valence electrons. The summed E-state index contributed by atoms with van der Waals surface area (Å²) in [6.45, 7) is 11.7. The maximum Gasteiger partial charge on any atom is 0.490 e. The zero-order chi connectivity index (χ0) is 65.1. The normalized spacial score (nSPS) is 19.0. The van der Waals surface area contributed by atoms with E-state index in [1.54, 1.807) is 61.7 Å². The first-order chi connectivity index (χ1) is 41.4. The number of amides is 2. The number of hydrogen-bond acceptors (Lipinski definition) is 19. The van der Waals surface area contributed by atoms with E-state index in [0.717, 1.165) is 0 Å². The number of aromatic amines is 1. The minimum Gasteiger partial charge on any atom is -0.748 e. The molecule has 5 aromatic rings. The lowest BCUT2D eigenvalue weighted by Crippen LogP contribution is -2.50. The number of ether oxygens (including phenoxy) is 2. The van der Waals surface area contributed by atoms with Gasteiger partial charge in [-0.15, -0.1) is 0 Å². The lowest BCUT2D eigenvalue weighted by molar-refractivity contribution is -0.121. The average Bonchev–Trinajstić information content (AvgIpc) is 1.26. The second kappa shape index (κ2) is 24.8. The molecule has 3 aromatic carbocycles. The van der Waals surface area contributed by atoms with Crippen molar-refractivity contribution >= 4 is 94.9 Å². The number of hydrogen-bond donors (Lipinski definition) is 8. The lowest BCUT2D eigenvalue weighted by atomic mass is 9.83. The highest BCUT2D eigenvalue weighted by molar-refractivity contribution is 7.86. The fraction of sp³-hybridized carbons (Fsp3) is 0.400. The summed E-state index contributed by atoms with van der Waals surface area (Å²) in [6, 6.07) is 13.9. The Morgan fingerprint density at radius 3 is 2.33 bits per heavy atom. The molecular weight excluding hydrogens is 1270 g/mol. The van der Waals surface area contributed by atoms with E-state index in [4.69, 9.17) is 29.5 Å². The van der Waals surface area contributed by atoms with Gasteiger partial charge in [-0.3, -0.25) is 28.4 Å². The number of benzene rings is 3. The first-order valence-electron chi connectivity index (χ1n) is 27.6. The number of nitrogen functional groups attached to an aromatic ring is 1. The number of anilines is 2. The van der Waals surface area contributed by atoms with Crippen molar-refractivity contribution in [2.75, 3.05) is 62.0 Å². The first kappa shape index (κ1) is 66.7. The highest BCUT2D eigenvalue weighted by atomic mass is 32.2. The average molecular weight is 1330 g/mol. The molecule has 0 spiro atoms. The molecule has 89 heavy (non-hydrogen) atoms. The van der Waals surface area contributed by atoms with Gasteiger partial charge in [0.2, 0.25) is 17.2 Å². The van der Waals surface area contributed by atoms with Gasteiger partial charge in [0.15, 0.2) is 11.2 Å². The second-order valence-corrected chi connectivity index (χ2v) is 29.8. The van der Waals surface area contributed by atoms with Gasteiger partial charge in [0.1, 0.15) is 30.0 Å². The molecule has 4 aliphatic rings. The molecule has 9 N–H and O–H groups in total. The van der Waals surface area contributed by atoms with Gasteiger partial charge < -0.3 is 59.0 Å². The largest absolute Gasteiger partial charge is 0.748 e. The molecule has 34 heteroatoms. The van der Waals surface area contributed by atoms with E-state index >= 15 is 0 Å². The van der Waals surface area contributed by atoms with Crippen LogP contribution in [-0.2, 0) is 56.6 Å². The zero-order valence-electron chi connectivity index (χ0n) is 49.0. The monoisotopic (exact) mass is 1330 g/mol. The third kappa shape index (κ3) is 15.1. The van der Waals surface area contributed by atoms with Crippen LogP contribution >= 0.6 is 23.5 Å². The van der Waals surface area contributed by atoms with Crippen LogP contribution in [0.3, 0.4) is 0 Å². The zero-order valence-corrected chi connectivity index (χ0v) is 53.3. The van der Waals surface area contributed by atoms with Crippen molar-refractivity contribution < 1.29 is 91.4 Å². The second-order valence-electron chi connectivity index (χ2n) is 22.5. The third-order valence-electron chi connectivity index (χ3n) is 15.2. The molecule has 4 atom stereocenters. The Labute approximate surface area is 510 Å². The van der Waals surface area contributed by atoms with Crippen LogP contribution in [0.15, 0.2) is 71.7 Å². The van der Waals surface area contributed by atoms with Crippen LogP contribution in [0.4, 0.5) is 11.6 Å². The van der Waals surface area contributed by atoms with Gasteiger partial charge in [0, 0.05) is 85.8 Å². The number of phosphoric acid groups is 3. The van der Waals surface area contributed by atoms with Crippen molar-refractivity contribution in [1.82, 2.24) is 29.3 Å². The number of nitrogens with zero attached hydrogens (tertiary/aromatic N) is 5. The van der Waals surface area contributed by atoms with Gasteiger partial charge in [0.25, 0.3) is 21.6 Å². The van der Waals surface area contributed by atoms with Gasteiger partial charge in [-0.2, -0.15) is 22.0 Å². The molecule has 9 rings (SSSR count). The molecule has 2 unspecified atom stereocenters. The van der Waals surface area contributed by atoms with Gasteiger partial charge >= 0.3 is 23.5 Å². The summed E-state index contributed by atoms with van der Waals surface area (Å²) in [5, 5.41) is 3.78. The number of rotatable bonds is 21. The Morgan fingerprint density at radius 1 is 0.944 bits per heavy atom. The summed E-state index contributed by atoms with van der Waals surface area (Å²) in [5.41, 5.74) is 7.62. The maximum absolute atomic E-state index is 14.8. The number of carbonyl (C=O) groups is 2. The van der Waals surface area contributed by atoms with E-state index in [2.05, 4.69) is 45.2 Å². The van der Waals surface area contributed by atoms with Crippen molar-refractivity contribution in [3.8, 4) is 23.3 Å². The fourth-order valence-electron chi connectivity index (χ4n) is 11.8. The summed E-state index contributed by atoms with van der Waals surface area (Å²) < 4.78 is 137. The van der Waals surface area contributed by atoms with Gasteiger partial charge in [0.05, 0.1) is 63.2 Å². The summed E-state index contributed by atoms with van der Waals surface area (Å²) in [6.07, 6.45) is 3.63. The van der Waals surface area contributed by atoms with E-state index in [1.165, 1.54) is 15.7 Å². The smallest absolute Gasteiger partial charge is 0.490 e. The van der Waals surface area contributed by atoms with E-state index in [1.807, 2.05) is 47.6 Å². The SMILES string of the molecule is CCN1c2cc3c(cc2C(CS(=O)(=O)[O-])=CC1(C)C)C(c1ccccc1C(=O)N(C)CCCC(=O)NCC#Cc1cn([C@H]2CC[C@@H](COP(=O)(O)OP(=O)(O)OP(=O)(O)O)O2)c2nc(N)[nH]c(=O)c12)=c1cc2c(cc1O3)=[N+](CC)C(C)(C)C=C2CS(=O)(=O)O. The Morgan fingerprint density at radius 2 is 1.65 bits per heavy atom. The summed E-state index contributed by atoms with van der Waals surface area (Å²) in [4.78, 5) is 88.4. The van der Waals surface area contributed by atoms with Crippen LogP contribution in [0.25, 0.3) is 27.8 Å². The predicted molar refractivity (Wildman–Crippen MR) is 324 cm³/mol. The Bertz CT molecular complexity index is 4490. The minimum atomic E-state index is -5.76. The molecule has 4 aliphatic heterocycles. The molecule has 0 aliphatic carbocycles. The van der Waals surface area contributed by atoms with Crippen molar-refractivity contribution in [3.63, 3.8) is 0 Å². The number of phosphoric ester groups is 1. The van der Waals surface area contributed by atoms with Crippen LogP contribution < -0.4 is 41.4 Å².